The molecule has 1 aromatic carbocycles. The van der Waals surface area contributed by atoms with E-state index in [0.29, 0.717) is 25.3 Å². The molecular formula is C16H19FN3O2S+. The number of aromatic nitrogens is 2. The maximum atomic E-state index is 13.0. The summed E-state index contributed by atoms with van der Waals surface area (Å²) >= 11 is 0. The van der Waals surface area contributed by atoms with E-state index < -0.39 is 10.2 Å². The minimum atomic E-state index is -3.56. The number of nitrogens with zero attached hydrogens (tertiary/aromatic N) is 3. The summed E-state index contributed by atoms with van der Waals surface area (Å²) in [5.74, 6) is 0.378. The van der Waals surface area contributed by atoms with Gasteiger partial charge in [-0.1, -0.05) is 18.2 Å². The molecule has 0 radical (unpaired) electrons. The average molecular weight is 336 g/mol. The fraction of sp³-hybridized carbons (Fsp3) is 0.312. The second kappa shape index (κ2) is 5.90. The first-order valence-corrected chi connectivity index (χ1v) is 8.78. The summed E-state index contributed by atoms with van der Waals surface area (Å²) in [4.78, 5) is 0. The highest BCUT2D eigenvalue weighted by molar-refractivity contribution is 7.87. The zero-order valence-electron chi connectivity index (χ0n) is 13.1. The number of halogens is 1. The molecule has 0 spiro atoms. The summed E-state index contributed by atoms with van der Waals surface area (Å²) in [6, 6.07) is 6.29. The van der Waals surface area contributed by atoms with Crippen LogP contribution in [0.2, 0.25) is 0 Å². The van der Waals surface area contributed by atoms with E-state index in [4.69, 9.17) is 0 Å². The second-order valence-electron chi connectivity index (χ2n) is 5.60. The van der Waals surface area contributed by atoms with Gasteiger partial charge >= 0.3 is 10.2 Å². The Morgan fingerprint density at radius 3 is 2.43 bits per heavy atom. The van der Waals surface area contributed by atoms with E-state index in [1.165, 1.54) is 20.4 Å². The zero-order valence-corrected chi connectivity index (χ0v) is 13.9. The minimum absolute atomic E-state index is 0.273. The van der Waals surface area contributed by atoms with Crippen molar-refractivity contribution in [1.29, 1.82) is 0 Å². The molecule has 0 amide bonds. The topological polar surface area (TPSA) is 46.2 Å². The van der Waals surface area contributed by atoms with E-state index in [-0.39, 0.29) is 5.82 Å². The molecule has 0 N–H and O–H groups in total. The van der Waals surface area contributed by atoms with E-state index in [1.54, 1.807) is 36.0 Å². The van der Waals surface area contributed by atoms with Crippen molar-refractivity contribution >= 4 is 15.8 Å². The Hall–Kier alpha value is -1.99. The van der Waals surface area contributed by atoms with Crippen LogP contribution in [-0.2, 0) is 17.3 Å². The van der Waals surface area contributed by atoms with Crippen LogP contribution in [0.3, 0.4) is 0 Å². The monoisotopic (exact) mass is 336 g/mol. The largest absolute Gasteiger partial charge is 0.380 e. The third-order valence-electron chi connectivity index (χ3n) is 4.22. The lowest BCUT2D eigenvalue weighted by atomic mass is 10.0. The van der Waals surface area contributed by atoms with Crippen molar-refractivity contribution in [1.82, 2.24) is 8.28 Å². The van der Waals surface area contributed by atoms with Crippen molar-refractivity contribution in [2.45, 2.75) is 13.3 Å². The maximum absolute atomic E-state index is 13.0. The first-order valence-electron chi connectivity index (χ1n) is 7.39. The number of hydrogen-bond acceptors (Lipinski definition) is 2. The highest BCUT2D eigenvalue weighted by Gasteiger charge is 2.32. The van der Waals surface area contributed by atoms with Crippen LogP contribution in [0.1, 0.15) is 17.8 Å². The summed E-state index contributed by atoms with van der Waals surface area (Å²) in [5, 5.41) is 0. The number of hydrogen-bond donors (Lipinski definition) is 0. The quantitative estimate of drug-likeness (QED) is 0.800. The van der Waals surface area contributed by atoms with Crippen LogP contribution >= 0.6 is 0 Å². The molecule has 122 valence electrons. The third kappa shape index (κ3) is 2.94. The third-order valence-corrected chi connectivity index (χ3v) is 6.08. The molecule has 0 saturated carbocycles. The predicted octanol–water partition coefficient (Wildman–Crippen LogP) is 1.64. The van der Waals surface area contributed by atoms with Gasteiger partial charge in [0, 0.05) is 20.0 Å². The fourth-order valence-electron chi connectivity index (χ4n) is 2.69. The molecule has 0 atom stereocenters. The molecule has 2 heterocycles. The predicted molar refractivity (Wildman–Crippen MR) is 85.2 cm³/mol. The first-order chi connectivity index (χ1) is 10.9. The highest BCUT2D eigenvalue weighted by atomic mass is 32.2. The van der Waals surface area contributed by atoms with Gasteiger partial charge in [0.2, 0.25) is 0 Å². The van der Waals surface area contributed by atoms with Crippen LogP contribution in [0.4, 0.5) is 4.39 Å². The molecule has 1 aliphatic rings. The Kier molecular flexibility index (Phi) is 4.08. The van der Waals surface area contributed by atoms with Crippen molar-refractivity contribution in [3.05, 3.63) is 59.9 Å². The Bertz CT molecular complexity index is 854. The zero-order chi connectivity index (χ0) is 16.6. The van der Waals surface area contributed by atoms with Crippen molar-refractivity contribution in [2.75, 3.05) is 13.1 Å². The van der Waals surface area contributed by atoms with Gasteiger partial charge in [-0.15, -0.1) is 3.97 Å². The van der Waals surface area contributed by atoms with Gasteiger partial charge in [0.25, 0.3) is 5.82 Å². The molecule has 5 nitrogen and oxygen atoms in total. The van der Waals surface area contributed by atoms with Crippen molar-refractivity contribution in [3.8, 4) is 0 Å². The van der Waals surface area contributed by atoms with E-state index >= 15 is 0 Å². The minimum Gasteiger partial charge on any atom is -0.236 e. The number of aryl methyl sites for hydroxylation is 1. The molecule has 23 heavy (non-hydrogen) atoms. The lowest BCUT2D eigenvalue weighted by molar-refractivity contribution is -0.676. The molecule has 1 aliphatic heterocycles. The van der Waals surface area contributed by atoms with Gasteiger partial charge in [0.15, 0.2) is 0 Å². The van der Waals surface area contributed by atoms with Gasteiger partial charge in [-0.05, 0) is 29.7 Å². The summed E-state index contributed by atoms with van der Waals surface area (Å²) in [5.41, 5.74) is 1.98. The second-order valence-corrected chi connectivity index (χ2v) is 7.41. The smallest absolute Gasteiger partial charge is 0.236 e. The normalized spacial score (nSPS) is 16.4. The molecule has 0 aliphatic carbocycles. The molecular weight excluding hydrogens is 317 g/mol. The molecule has 2 aromatic rings. The summed E-state index contributed by atoms with van der Waals surface area (Å²) in [7, 11) is -1.75. The lowest BCUT2D eigenvalue weighted by Gasteiger charge is -2.24. The van der Waals surface area contributed by atoms with Crippen LogP contribution in [0.5, 0.6) is 0 Å². The SMILES string of the molecule is Cc1n(S(=O)(=O)N2CC=C(c3ccc(F)cc3)CC2)cc[n+]1C. The van der Waals surface area contributed by atoms with Gasteiger partial charge < -0.3 is 0 Å². The van der Waals surface area contributed by atoms with Crippen LogP contribution in [0, 0.1) is 12.7 Å². The Labute approximate surface area is 135 Å². The van der Waals surface area contributed by atoms with Crippen molar-refractivity contribution in [3.63, 3.8) is 0 Å². The Morgan fingerprint density at radius 1 is 1.22 bits per heavy atom. The summed E-state index contributed by atoms with van der Waals surface area (Å²) in [6.07, 6.45) is 5.78. The van der Waals surface area contributed by atoms with Crippen molar-refractivity contribution in [2.24, 2.45) is 7.05 Å². The van der Waals surface area contributed by atoms with Gasteiger partial charge in [-0.2, -0.15) is 12.7 Å². The van der Waals surface area contributed by atoms with Gasteiger partial charge in [0.1, 0.15) is 18.2 Å². The van der Waals surface area contributed by atoms with Crippen LogP contribution in [0.15, 0.2) is 42.7 Å². The van der Waals surface area contributed by atoms with E-state index in [9.17, 15) is 12.8 Å². The number of imidazole rings is 1. The lowest BCUT2D eigenvalue weighted by Crippen LogP contribution is -2.40. The Balaban J connectivity index is 1.83. The molecule has 0 fully saturated rings. The fourth-order valence-corrected chi connectivity index (χ4v) is 4.19. The summed E-state index contributed by atoms with van der Waals surface area (Å²) in [6.45, 7) is 2.49. The van der Waals surface area contributed by atoms with E-state index in [2.05, 4.69) is 0 Å². The molecule has 0 saturated heterocycles. The van der Waals surface area contributed by atoms with E-state index in [1.807, 2.05) is 13.1 Å². The Morgan fingerprint density at radius 2 is 1.91 bits per heavy atom. The average Bonchev–Trinajstić information content (AvgIpc) is 2.88. The first kappa shape index (κ1) is 15.9. The molecule has 1 aromatic heterocycles. The molecule has 0 unspecified atom stereocenters. The van der Waals surface area contributed by atoms with Crippen LogP contribution in [0.25, 0.3) is 5.57 Å². The van der Waals surface area contributed by atoms with Crippen LogP contribution < -0.4 is 4.57 Å². The highest BCUT2D eigenvalue weighted by Crippen LogP contribution is 2.24. The standard InChI is InChI=1S/C16H19FN3O2S/c1-13-18(2)11-12-20(13)23(21,22)19-9-7-15(8-10-19)14-3-5-16(17)6-4-14/h3-7,11-12H,8-10H2,1-2H3/q+1. The van der Waals surface area contributed by atoms with Gasteiger partial charge in [0.05, 0.1) is 7.05 Å². The van der Waals surface area contributed by atoms with Gasteiger partial charge in [-0.3, -0.25) is 0 Å². The molecule has 0 bridgehead atoms. The summed E-state index contributed by atoms with van der Waals surface area (Å²) < 4.78 is 42.9. The van der Waals surface area contributed by atoms with E-state index in [0.717, 1.165) is 11.1 Å². The molecule has 3 rings (SSSR count). The molecule has 7 heteroatoms. The maximum Gasteiger partial charge on any atom is 0.380 e. The van der Waals surface area contributed by atoms with Gasteiger partial charge in [-0.25, -0.2) is 8.96 Å². The number of benzene rings is 1. The van der Waals surface area contributed by atoms with Crippen molar-refractivity contribution < 1.29 is 17.4 Å². The number of rotatable bonds is 3. The van der Waals surface area contributed by atoms with Crippen LogP contribution in [-0.4, -0.2) is 29.8 Å².